The minimum absolute atomic E-state index is 0.0104. The number of aryl methyl sites for hydroxylation is 2. The molecule has 1 N–H and O–H groups in total. The molecule has 0 saturated carbocycles. The van der Waals surface area contributed by atoms with E-state index in [4.69, 9.17) is 4.74 Å². The van der Waals surface area contributed by atoms with E-state index in [2.05, 4.69) is 10.3 Å². The highest BCUT2D eigenvalue weighted by molar-refractivity contribution is 5.01. The van der Waals surface area contributed by atoms with Crippen LogP contribution in [0.4, 0.5) is 0 Å². The number of hydrogen-bond acceptors (Lipinski definition) is 4. The lowest BCUT2D eigenvalue weighted by Crippen LogP contribution is -2.35. The van der Waals surface area contributed by atoms with Gasteiger partial charge in [0.2, 0.25) is 0 Å². The molecule has 0 aromatic carbocycles. The number of nitrogens with zero attached hydrogens (tertiary/aromatic N) is 2. The van der Waals surface area contributed by atoms with Gasteiger partial charge in [-0.2, -0.15) is 0 Å². The average molecular weight is 239 g/mol. The van der Waals surface area contributed by atoms with Crippen molar-refractivity contribution < 1.29 is 4.74 Å². The zero-order valence-electron chi connectivity index (χ0n) is 11.0. The van der Waals surface area contributed by atoms with Gasteiger partial charge in [-0.3, -0.25) is 9.36 Å². The first kappa shape index (κ1) is 13.9. The topological polar surface area (TPSA) is 56.1 Å². The van der Waals surface area contributed by atoms with Crippen molar-refractivity contribution in [3.8, 4) is 0 Å². The van der Waals surface area contributed by atoms with Gasteiger partial charge in [0.15, 0.2) is 0 Å². The molecule has 0 radical (unpaired) electrons. The van der Waals surface area contributed by atoms with Crippen molar-refractivity contribution >= 4 is 0 Å². The molecule has 1 aromatic rings. The summed E-state index contributed by atoms with van der Waals surface area (Å²) in [6.07, 6.45) is 0. The summed E-state index contributed by atoms with van der Waals surface area (Å²) in [7, 11) is 1.68. The molecule has 1 aromatic heterocycles. The van der Waals surface area contributed by atoms with Gasteiger partial charge in [-0.05, 0) is 20.8 Å². The van der Waals surface area contributed by atoms with Crippen LogP contribution in [-0.2, 0) is 11.3 Å². The molecule has 1 heterocycles. The first-order chi connectivity index (χ1) is 8.04. The van der Waals surface area contributed by atoms with E-state index >= 15 is 0 Å². The van der Waals surface area contributed by atoms with Gasteiger partial charge in [-0.1, -0.05) is 0 Å². The predicted molar refractivity (Wildman–Crippen MR) is 67.3 cm³/mol. The predicted octanol–water partition coefficient (Wildman–Crippen LogP) is 0.485. The van der Waals surface area contributed by atoms with E-state index < -0.39 is 0 Å². The van der Waals surface area contributed by atoms with Gasteiger partial charge in [0.1, 0.15) is 5.82 Å². The molecule has 96 valence electrons. The number of hydrogen-bond donors (Lipinski definition) is 1. The molecule has 0 aliphatic heterocycles. The monoisotopic (exact) mass is 239 g/mol. The Hall–Kier alpha value is -1.20. The number of ether oxygens (including phenoxy) is 1. The summed E-state index contributed by atoms with van der Waals surface area (Å²) in [5.74, 6) is 0.760. The smallest absolute Gasteiger partial charge is 0.253 e. The Balaban J connectivity index is 2.55. The number of nitrogens with one attached hydrogen (secondary N) is 1. The summed E-state index contributed by atoms with van der Waals surface area (Å²) in [6.45, 7) is 7.76. The van der Waals surface area contributed by atoms with Gasteiger partial charge >= 0.3 is 0 Å². The van der Waals surface area contributed by atoms with Crippen LogP contribution in [0.2, 0.25) is 0 Å². The number of aromatic nitrogens is 2. The van der Waals surface area contributed by atoms with E-state index in [9.17, 15) is 4.79 Å². The van der Waals surface area contributed by atoms with E-state index in [1.165, 1.54) is 0 Å². The maximum atomic E-state index is 11.7. The van der Waals surface area contributed by atoms with E-state index in [0.29, 0.717) is 13.2 Å². The van der Waals surface area contributed by atoms with Gasteiger partial charge in [0, 0.05) is 38.0 Å². The fourth-order valence-electron chi connectivity index (χ4n) is 1.77. The molecule has 1 rings (SSSR count). The second-order valence-electron chi connectivity index (χ2n) is 4.25. The van der Waals surface area contributed by atoms with Crippen molar-refractivity contribution in [3.63, 3.8) is 0 Å². The molecule has 0 aliphatic carbocycles. The standard InChI is InChI=1S/C12H21N3O2/c1-9-7-12(16)15(11(3)14-9)6-5-13-10(2)8-17-4/h7,10,13H,5-6,8H2,1-4H3. The molecular weight excluding hydrogens is 218 g/mol. The molecule has 1 unspecified atom stereocenters. The van der Waals surface area contributed by atoms with Crippen LogP contribution >= 0.6 is 0 Å². The summed E-state index contributed by atoms with van der Waals surface area (Å²) in [5.41, 5.74) is 0.778. The Kier molecular flexibility index (Phi) is 5.31. The van der Waals surface area contributed by atoms with Crippen LogP contribution in [-0.4, -0.2) is 35.9 Å². The Morgan fingerprint density at radius 1 is 1.53 bits per heavy atom. The molecule has 5 heteroatoms. The summed E-state index contributed by atoms with van der Waals surface area (Å²) < 4.78 is 6.71. The van der Waals surface area contributed by atoms with Gasteiger partial charge < -0.3 is 10.1 Å². The van der Waals surface area contributed by atoms with Gasteiger partial charge in [0.25, 0.3) is 5.56 Å². The molecule has 17 heavy (non-hydrogen) atoms. The van der Waals surface area contributed by atoms with E-state index in [1.807, 2.05) is 20.8 Å². The molecule has 0 saturated heterocycles. The van der Waals surface area contributed by atoms with Gasteiger partial charge in [-0.15, -0.1) is 0 Å². The van der Waals surface area contributed by atoms with E-state index in [-0.39, 0.29) is 11.6 Å². The SMILES string of the molecule is COCC(C)NCCn1c(C)nc(C)cc1=O. The fourth-order valence-corrected chi connectivity index (χ4v) is 1.77. The lowest BCUT2D eigenvalue weighted by atomic mass is 10.3. The molecule has 0 bridgehead atoms. The minimum atomic E-state index is 0.0104. The second-order valence-corrected chi connectivity index (χ2v) is 4.25. The molecule has 0 fully saturated rings. The summed E-state index contributed by atoms with van der Waals surface area (Å²) in [5, 5.41) is 3.29. The highest BCUT2D eigenvalue weighted by atomic mass is 16.5. The first-order valence-corrected chi connectivity index (χ1v) is 5.82. The zero-order chi connectivity index (χ0) is 12.8. The first-order valence-electron chi connectivity index (χ1n) is 5.82. The van der Waals surface area contributed by atoms with Crippen molar-refractivity contribution in [1.29, 1.82) is 0 Å². The third-order valence-electron chi connectivity index (χ3n) is 2.57. The maximum absolute atomic E-state index is 11.7. The molecular formula is C12H21N3O2. The molecule has 0 amide bonds. The van der Waals surface area contributed by atoms with Gasteiger partial charge in [-0.25, -0.2) is 4.98 Å². The quantitative estimate of drug-likeness (QED) is 0.784. The molecule has 1 atom stereocenters. The summed E-state index contributed by atoms with van der Waals surface area (Å²) >= 11 is 0. The van der Waals surface area contributed by atoms with Crippen molar-refractivity contribution in [2.45, 2.75) is 33.4 Å². The van der Waals surface area contributed by atoms with Crippen molar-refractivity contribution in [2.24, 2.45) is 0 Å². The van der Waals surface area contributed by atoms with Gasteiger partial charge in [0.05, 0.1) is 6.61 Å². The van der Waals surface area contributed by atoms with Crippen LogP contribution in [0.1, 0.15) is 18.4 Å². The molecule has 0 spiro atoms. The molecule has 5 nitrogen and oxygen atoms in total. The van der Waals surface area contributed by atoms with E-state index in [1.54, 1.807) is 17.7 Å². The minimum Gasteiger partial charge on any atom is -0.383 e. The Bertz CT molecular complexity index is 415. The van der Waals surface area contributed by atoms with Crippen molar-refractivity contribution in [2.75, 3.05) is 20.3 Å². The fraction of sp³-hybridized carbons (Fsp3) is 0.667. The second kappa shape index (κ2) is 6.51. The molecule has 0 aliphatic rings. The van der Waals surface area contributed by atoms with Crippen LogP contribution in [0, 0.1) is 13.8 Å². The lowest BCUT2D eigenvalue weighted by Gasteiger charge is -2.14. The summed E-state index contributed by atoms with van der Waals surface area (Å²) in [6, 6.07) is 1.85. The number of methoxy groups -OCH3 is 1. The van der Waals surface area contributed by atoms with Crippen LogP contribution in [0.5, 0.6) is 0 Å². The third-order valence-corrected chi connectivity index (χ3v) is 2.57. The van der Waals surface area contributed by atoms with Crippen LogP contribution in [0.25, 0.3) is 0 Å². The average Bonchev–Trinajstić information content (AvgIpc) is 2.22. The lowest BCUT2D eigenvalue weighted by molar-refractivity contribution is 0.172. The zero-order valence-corrected chi connectivity index (χ0v) is 11.0. The highest BCUT2D eigenvalue weighted by Gasteiger charge is 2.04. The Labute approximate surface area is 102 Å². The van der Waals surface area contributed by atoms with Crippen LogP contribution in [0.3, 0.4) is 0 Å². The largest absolute Gasteiger partial charge is 0.383 e. The highest BCUT2D eigenvalue weighted by Crippen LogP contribution is 1.93. The van der Waals surface area contributed by atoms with E-state index in [0.717, 1.165) is 18.1 Å². The number of rotatable bonds is 6. The Morgan fingerprint density at radius 2 is 2.24 bits per heavy atom. The van der Waals surface area contributed by atoms with Crippen molar-refractivity contribution in [1.82, 2.24) is 14.9 Å². The normalized spacial score (nSPS) is 12.7. The van der Waals surface area contributed by atoms with Crippen molar-refractivity contribution in [3.05, 3.63) is 27.9 Å². The summed E-state index contributed by atoms with van der Waals surface area (Å²) in [4.78, 5) is 16.0. The Morgan fingerprint density at radius 3 is 2.82 bits per heavy atom. The third kappa shape index (κ3) is 4.28. The maximum Gasteiger partial charge on any atom is 0.253 e. The van der Waals surface area contributed by atoms with Crippen LogP contribution < -0.4 is 10.9 Å². The van der Waals surface area contributed by atoms with Crippen LogP contribution in [0.15, 0.2) is 10.9 Å².